The molecule has 1 aromatic carbocycles. The number of carbonyl (C=O) groups excluding carboxylic acids is 1. The molecule has 3 aromatic rings. The van der Waals surface area contributed by atoms with Gasteiger partial charge in [-0.25, -0.2) is 4.98 Å². The van der Waals surface area contributed by atoms with E-state index in [0.717, 1.165) is 18.4 Å². The van der Waals surface area contributed by atoms with Crippen LogP contribution in [-0.4, -0.2) is 15.5 Å². The number of rotatable bonds is 7. The summed E-state index contributed by atoms with van der Waals surface area (Å²) in [7, 11) is 0. The number of nitrogens with zero attached hydrogens (tertiary/aromatic N) is 2. The van der Waals surface area contributed by atoms with Crippen molar-refractivity contribution in [1.29, 1.82) is 0 Å². The normalized spacial score (nSPS) is 12.4. The zero-order chi connectivity index (χ0) is 19.4. The van der Waals surface area contributed by atoms with Crippen LogP contribution >= 0.6 is 11.3 Å². The van der Waals surface area contributed by atoms with Gasteiger partial charge in [-0.3, -0.25) is 14.2 Å². The highest BCUT2D eigenvalue weighted by atomic mass is 32.1. The van der Waals surface area contributed by atoms with E-state index in [4.69, 9.17) is 0 Å². The number of benzene rings is 1. The molecular formula is C21H25N3O2S. The Morgan fingerprint density at radius 2 is 1.96 bits per heavy atom. The Morgan fingerprint density at radius 1 is 1.22 bits per heavy atom. The monoisotopic (exact) mass is 383 g/mol. The van der Waals surface area contributed by atoms with Crippen molar-refractivity contribution in [2.45, 2.75) is 46.2 Å². The van der Waals surface area contributed by atoms with E-state index in [9.17, 15) is 9.59 Å². The fourth-order valence-electron chi connectivity index (χ4n) is 3.19. The quantitative estimate of drug-likeness (QED) is 0.672. The van der Waals surface area contributed by atoms with Gasteiger partial charge >= 0.3 is 0 Å². The summed E-state index contributed by atoms with van der Waals surface area (Å²) < 4.78 is 1.37. The maximum Gasteiger partial charge on any atom is 0.262 e. The van der Waals surface area contributed by atoms with Crippen LogP contribution < -0.4 is 10.9 Å². The Balaban J connectivity index is 1.74. The molecule has 0 aliphatic carbocycles. The molecule has 2 heterocycles. The third kappa shape index (κ3) is 4.45. The molecule has 6 heteroatoms. The second-order valence-corrected chi connectivity index (χ2v) is 7.99. The molecule has 142 valence electrons. The van der Waals surface area contributed by atoms with Gasteiger partial charge in [-0.15, -0.1) is 11.3 Å². The van der Waals surface area contributed by atoms with Crippen LogP contribution in [0.5, 0.6) is 0 Å². The molecule has 0 radical (unpaired) electrons. The summed E-state index contributed by atoms with van der Waals surface area (Å²) in [6, 6.07) is 10.1. The molecule has 1 unspecified atom stereocenters. The summed E-state index contributed by atoms with van der Waals surface area (Å²) in [6.07, 6.45) is 3.62. The second-order valence-electron chi connectivity index (χ2n) is 7.10. The standard InChI is InChI=1S/C21H25N3O2S/c1-4-5-15-6-8-16(9-7-15)19(14(2)3)23-18(25)12-24-13-22-20-17(21(24)26)10-11-27-20/h6-11,13-14,19H,4-5,12H2,1-3H3,(H,23,25). The highest BCUT2D eigenvalue weighted by Gasteiger charge is 2.19. The highest BCUT2D eigenvalue weighted by molar-refractivity contribution is 7.16. The van der Waals surface area contributed by atoms with Crippen LogP contribution in [0.1, 0.15) is 44.4 Å². The van der Waals surface area contributed by atoms with Gasteiger partial charge in [0.05, 0.1) is 17.8 Å². The Kier molecular flexibility index (Phi) is 6.06. The zero-order valence-corrected chi connectivity index (χ0v) is 16.8. The van der Waals surface area contributed by atoms with Crippen LogP contribution in [0.2, 0.25) is 0 Å². The van der Waals surface area contributed by atoms with E-state index >= 15 is 0 Å². The maximum absolute atomic E-state index is 12.6. The Bertz CT molecular complexity index is 973. The van der Waals surface area contributed by atoms with Crippen molar-refractivity contribution in [3.63, 3.8) is 0 Å². The summed E-state index contributed by atoms with van der Waals surface area (Å²) in [4.78, 5) is 30.0. The third-order valence-corrected chi connectivity index (χ3v) is 5.45. The topological polar surface area (TPSA) is 64.0 Å². The van der Waals surface area contributed by atoms with Crippen LogP contribution in [-0.2, 0) is 17.8 Å². The molecule has 0 aliphatic heterocycles. The van der Waals surface area contributed by atoms with Crippen molar-refractivity contribution in [2.24, 2.45) is 5.92 Å². The van der Waals surface area contributed by atoms with Crippen molar-refractivity contribution in [3.8, 4) is 0 Å². The smallest absolute Gasteiger partial charge is 0.262 e. The number of amides is 1. The first-order valence-electron chi connectivity index (χ1n) is 9.30. The van der Waals surface area contributed by atoms with Gasteiger partial charge in [-0.2, -0.15) is 0 Å². The van der Waals surface area contributed by atoms with Gasteiger partial charge in [-0.05, 0) is 34.9 Å². The molecule has 1 N–H and O–H groups in total. The van der Waals surface area contributed by atoms with Gasteiger partial charge in [0.2, 0.25) is 5.91 Å². The summed E-state index contributed by atoms with van der Waals surface area (Å²) in [5, 5.41) is 5.47. The molecule has 0 spiro atoms. The van der Waals surface area contributed by atoms with Crippen LogP contribution in [0, 0.1) is 5.92 Å². The molecule has 2 aromatic heterocycles. The number of aromatic nitrogens is 2. The fraction of sp³-hybridized carbons (Fsp3) is 0.381. The first kappa shape index (κ1) is 19.3. The molecule has 0 fully saturated rings. The van der Waals surface area contributed by atoms with Crippen LogP contribution in [0.15, 0.2) is 46.8 Å². The van der Waals surface area contributed by atoms with Crippen molar-refractivity contribution in [1.82, 2.24) is 14.9 Å². The number of fused-ring (bicyclic) bond motifs is 1. The fourth-order valence-corrected chi connectivity index (χ4v) is 3.92. The molecule has 1 amide bonds. The van der Waals surface area contributed by atoms with Crippen LogP contribution in [0.3, 0.4) is 0 Å². The number of nitrogens with one attached hydrogen (secondary N) is 1. The van der Waals surface area contributed by atoms with E-state index in [1.165, 1.54) is 27.8 Å². The van der Waals surface area contributed by atoms with Gasteiger partial charge in [-0.1, -0.05) is 51.5 Å². The lowest BCUT2D eigenvalue weighted by atomic mass is 9.94. The Labute approximate surface area is 163 Å². The molecule has 0 saturated carbocycles. The van der Waals surface area contributed by atoms with E-state index < -0.39 is 0 Å². The summed E-state index contributed by atoms with van der Waals surface area (Å²) in [6.45, 7) is 6.29. The Morgan fingerprint density at radius 3 is 2.63 bits per heavy atom. The largest absolute Gasteiger partial charge is 0.347 e. The van der Waals surface area contributed by atoms with Gasteiger partial charge in [0, 0.05) is 0 Å². The van der Waals surface area contributed by atoms with Crippen LogP contribution in [0.4, 0.5) is 0 Å². The van der Waals surface area contributed by atoms with Crippen molar-refractivity contribution >= 4 is 27.5 Å². The summed E-state index contributed by atoms with van der Waals surface area (Å²) in [5.74, 6) is 0.0463. The number of aryl methyl sites for hydroxylation is 1. The number of carbonyl (C=O) groups is 1. The molecule has 0 bridgehead atoms. The van der Waals surface area contributed by atoms with E-state index in [1.54, 1.807) is 6.07 Å². The number of hydrogen-bond acceptors (Lipinski definition) is 4. The minimum Gasteiger partial charge on any atom is -0.347 e. The van der Waals surface area contributed by atoms with E-state index in [2.05, 4.69) is 55.3 Å². The molecule has 0 saturated heterocycles. The Hall–Kier alpha value is -2.47. The lowest BCUT2D eigenvalue weighted by molar-refractivity contribution is -0.122. The molecule has 5 nitrogen and oxygen atoms in total. The average molecular weight is 384 g/mol. The lowest BCUT2D eigenvalue weighted by Crippen LogP contribution is -2.36. The minimum atomic E-state index is -0.190. The SMILES string of the molecule is CCCc1ccc(C(NC(=O)Cn2cnc3sccc3c2=O)C(C)C)cc1. The molecule has 27 heavy (non-hydrogen) atoms. The number of thiophene rings is 1. The minimum absolute atomic E-state index is 0.0330. The first-order chi connectivity index (χ1) is 13.0. The van der Waals surface area contributed by atoms with E-state index in [-0.39, 0.29) is 30.0 Å². The predicted molar refractivity (Wildman–Crippen MR) is 110 cm³/mol. The van der Waals surface area contributed by atoms with Crippen molar-refractivity contribution < 1.29 is 4.79 Å². The average Bonchev–Trinajstić information content (AvgIpc) is 3.12. The van der Waals surface area contributed by atoms with Gasteiger partial charge < -0.3 is 5.32 Å². The molecule has 3 rings (SSSR count). The lowest BCUT2D eigenvalue weighted by Gasteiger charge is -2.23. The highest BCUT2D eigenvalue weighted by Crippen LogP contribution is 2.22. The van der Waals surface area contributed by atoms with Crippen molar-refractivity contribution in [3.05, 3.63) is 63.5 Å². The predicted octanol–water partition coefficient (Wildman–Crippen LogP) is 3.92. The van der Waals surface area contributed by atoms with Gasteiger partial charge in [0.15, 0.2) is 0 Å². The van der Waals surface area contributed by atoms with Crippen molar-refractivity contribution in [2.75, 3.05) is 0 Å². The zero-order valence-electron chi connectivity index (χ0n) is 15.9. The maximum atomic E-state index is 12.6. The van der Waals surface area contributed by atoms with E-state index in [1.807, 2.05) is 5.38 Å². The molecule has 1 atom stereocenters. The summed E-state index contributed by atoms with van der Waals surface area (Å²) in [5.41, 5.74) is 2.20. The van der Waals surface area contributed by atoms with Crippen LogP contribution in [0.25, 0.3) is 10.2 Å². The molecule has 0 aliphatic rings. The second kappa shape index (κ2) is 8.48. The molecular weight excluding hydrogens is 358 g/mol. The van der Waals surface area contributed by atoms with E-state index in [0.29, 0.717) is 10.2 Å². The number of hydrogen-bond donors (Lipinski definition) is 1. The summed E-state index contributed by atoms with van der Waals surface area (Å²) >= 11 is 1.42. The van der Waals surface area contributed by atoms with Gasteiger partial charge in [0.25, 0.3) is 5.56 Å². The first-order valence-corrected chi connectivity index (χ1v) is 10.2. The third-order valence-electron chi connectivity index (χ3n) is 4.63. The van der Waals surface area contributed by atoms with Gasteiger partial charge in [0.1, 0.15) is 11.4 Å².